The Morgan fingerprint density at radius 1 is 1.71 bits per heavy atom. The summed E-state index contributed by atoms with van der Waals surface area (Å²) in [6.45, 7) is 3.92. The number of hydrogen-bond acceptors (Lipinski definition) is 2. The van der Waals surface area contributed by atoms with Crippen molar-refractivity contribution in [1.82, 2.24) is 5.32 Å². The highest BCUT2D eigenvalue weighted by Crippen LogP contribution is 1.83. The largest absolute Gasteiger partial charge is 0.330 e. The molecule has 0 spiro atoms. The molecule has 1 unspecified atom stereocenters. The van der Waals surface area contributed by atoms with Gasteiger partial charge in [-0.05, 0) is 26.1 Å². The van der Waals surface area contributed by atoms with Crippen LogP contribution in [0.5, 0.6) is 0 Å². The molecule has 7 heavy (non-hydrogen) atoms. The minimum Gasteiger partial charge on any atom is -0.330 e. The summed E-state index contributed by atoms with van der Waals surface area (Å²) in [6, 6.07) is 0. The van der Waals surface area contributed by atoms with E-state index < -0.39 is 0 Å². The van der Waals surface area contributed by atoms with E-state index in [1.165, 1.54) is 0 Å². The third-order valence-electron chi connectivity index (χ3n) is 0.955. The van der Waals surface area contributed by atoms with Gasteiger partial charge in [-0.3, -0.25) is 0 Å². The van der Waals surface area contributed by atoms with Crippen molar-refractivity contribution in [2.75, 3.05) is 20.1 Å². The molecular formula is C5H14N2. The summed E-state index contributed by atoms with van der Waals surface area (Å²) < 4.78 is 0. The van der Waals surface area contributed by atoms with Gasteiger partial charge in [-0.2, -0.15) is 0 Å². The minimum absolute atomic E-state index is 0.616. The van der Waals surface area contributed by atoms with Crippen LogP contribution < -0.4 is 11.1 Å². The molecule has 0 aromatic heterocycles. The minimum atomic E-state index is 0.616. The van der Waals surface area contributed by atoms with Crippen molar-refractivity contribution in [3.05, 3.63) is 0 Å². The van der Waals surface area contributed by atoms with Crippen LogP contribution in [0.25, 0.3) is 0 Å². The van der Waals surface area contributed by atoms with Crippen molar-refractivity contribution in [2.24, 2.45) is 11.7 Å². The predicted molar refractivity (Wildman–Crippen MR) is 32.1 cm³/mol. The molecule has 0 fully saturated rings. The quantitative estimate of drug-likeness (QED) is 0.518. The molecule has 1 atom stereocenters. The maximum atomic E-state index is 5.32. The van der Waals surface area contributed by atoms with Crippen molar-refractivity contribution >= 4 is 0 Å². The Labute approximate surface area is 45.1 Å². The zero-order valence-corrected chi connectivity index (χ0v) is 5.07. The Hall–Kier alpha value is -0.0800. The molecule has 3 N–H and O–H groups in total. The average molecular weight is 102 g/mol. The molecule has 0 heterocycles. The van der Waals surface area contributed by atoms with Gasteiger partial charge in [0.15, 0.2) is 0 Å². The maximum absolute atomic E-state index is 5.32. The van der Waals surface area contributed by atoms with E-state index in [2.05, 4.69) is 12.2 Å². The fourth-order valence-corrected chi connectivity index (χ4v) is 0.432. The Morgan fingerprint density at radius 3 is 2.43 bits per heavy atom. The van der Waals surface area contributed by atoms with Crippen LogP contribution in [-0.2, 0) is 0 Å². The highest BCUT2D eigenvalue weighted by Gasteiger charge is 1.92. The SMILES string of the molecule is CNCC(C)CN. The lowest BCUT2D eigenvalue weighted by Crippen LogP contribution is -2.22. The number of nitrogens with one attached hydrogen (secondary N) is 1. The maximum Gasteiger partial charge on any atom is -0.00141 e. The second-order valence-corrected chi connectivity index (χ2v) is 1.90. The molecule has 0 radical (unpaired) electrons. The Balaban J connectivity index is 2.83. The summed E-state index contributed by atoms with van der Waals surface area (Å²) in [7, 11) is 1.94. The van der Waals surface area contributed by atoms with E-state index in [0.717, 1.165) is 13.1 Å². The smallest absolute Gasteiger partial charge is 0.00141 e. The number of nitrogens with two attached hydrogens (primary N) is 1. The van der Waals surface area contributed by atoms with Gasteiger partial charge in [0.25, 0.3) is 0 Å². The molecule has 0 rings (SSSR count). The van der Waals surface area contributed by atoms with Gasteiger partial charge in [-0.25, -0.2) is 0 Å². The van der Waals surface area contributed by atoms with Crippen LogP contribution in [0, 0.1) is 5.92 Å². The van der Waals surface area contributed by atoms with E-state index in [4.69, 9.17) is 5.73 Å². The van der Waals surface area contributed by atoms with E-state index in [1.807, 2.05) is 7.05 Å². The van der Waals surface area contributed by atoms with Crippen LogP contribution in [0.1, 0.15) is 6.92 Å². The van der Waals surface area contributed by atoms with Gasteiger partial charge in [-0.15, -0.1) is 0 Å². The second kappa shape index (κ2) is 4.09. The fraction of sp³-hybridized carbons (Fsp3) is 1.00. The summed E-state index contributed by atoms with van der Waals surface area (Å²) in [5, 5.41) is 3.04. The van der Waals surface area contributed by atoms with Crippen LogP contribution >= 0.6 is 0 Å². The first-order valence-corrected chi connectivity index (χ1v) is 2.66. The van der Waals surface area contributed by atoms with Crippen LogP contribution in [0.4, 0.5) is 0 Å². The second-order valence-electron chi connectivity index (χ2n) is 1.90. The highest BCUT2D eigenvalue weighted by atomic mass is 14.8. The first-order valence-electron chi connectivity index (χ1n) is 2.66. The Morgan fingerprint density at radius 2 is 2.29 bits per heavy atom. The first-order chi connectivity index (χ1) is 3.31. The summed E-state index contributed by atoms with van der Waals surface area (Å²) in [5.41, 5.74) is 5.32. The highest BCUT2D eigenvalue weighted by molar-refractivity contribution is 4.52. The van der Waals surface area contributed by atoms with Gasteiger partial charge in [-0.1, -0.05) is 6.92 Å². The number of hydrogen-bond donors (Lipinski definition) is 2. The summed E-state index contributed by atoms with van der Waals surface area (Å²) in [5.74, 6) is 0.616. The van der Waals surface area contributed by atoms with Gasteiger partial charge in [0.2, 0.25) is 0 Å². The molecule has 0 aliphatic carbocycles. The lowest BCUT2D eigenvalue weighted by molar-refractivity contribution is 0.555. The standard InChI is InChI=1S/C5H14N2/c1-5(3-6)4-7-2/h5,7H,3-4,6H2,1-2H3. The van der Waals surface area contributed by atoms with Crippen molar-refractivity contribution in [2.45, 2.75) is 6.92 Å². The number of rotatable bonds is 3. The monoisotopic (exact) mass is 102 g/mol. The van der Waals surface area contributed by atoms with Crippen LogP contribution in [0.3, 0.4) is 0 Å². The lowest BCUT2D eigenvalue weighted by atomic mass is 10.2. The van der Waals surface area contributed by atoms with Crippen molar-refractivity contribution in [3.63, 3.8) is 0 Å². The Kier molecular flexibility index (Phi) is 4.04. The van der Waals surface area contributed by atoms with Crippen molar-refractivity contribution < 1.29 is 0 Å². The van der Waals surface area contributed by atoms with E-state index in [0.29, 0.717) is 5.92 Å². The molecule has 0 bridgehead atoms. The van der Waals surface area contributed by atoms with Gasteiger partial charge >= 0.3 is 0 Å². The first kappa shape index (κ1) is 6.92. The van der Waals surface area contributed by atoms with Crippen LogP contribution in [0.2, 0.25) is 0 Å². The topological polar surface area (TPSA) is 38.0 Å². The third kappa shape index (κ3) is 3.76. The molecule has 0 saturated carbocycles. The molecule has 0 saturated heterocycles. The van der Waals surface area contributed by atoms with Gasteiger partial charge in [0.1, 0.15) is 0 Å². The van der Waals surface area contributed by atoms with Crippen molar-refractivity contribution in [3.8, 4) is 0 Å². The van der Waals surface area contributed by atoms with E-state index in [9.17, 15) is 0 Å². The predicted octanol–water partition coefficient (Wildman–Crippen LogP) is -0.199. The van der Waals surface area contributed by atoms with E-state index in [1.54, 1.807) is 0 Å². The Bertz CT molecular complexity index is 37.1. The molecule has 0 amide bonds. The zero-order valence-electron chi connectivity index (χ0n) is 5.07. The zero-order chi connectivity index (χ0) is 5.70. The molecule has 2 nitrogen and oxygen atoms in total. The van der Waals surface area contributed by atoms with Gasteiger partial charge < -0.3 is 11.1 Å². The van der Waals surface area contributed by atoms with E-state index in [-0.39, 0.29) is 0 Å². The molecule has 0 aliphatic heterocycles. The molecule has 0 aromatic carbocycles. The van der Waals surface area contributed by atoms with E-state index >= 15 is 0 Å². The fourth-order valence-electron chi connectivity index (χ4n) is 0.432. The van der Waals surface area contributed by atoms with Crippen LogP contribution in [-0.4, -0.2) is 20.1 Å². The molecule has 2 heteroatoms. The van der Waals surface area contributed by atoms with Gasteiger partial charge in [0, 0.05) is 0 Å². The molecular weight excluding hydrogens is 88.1 g/mol. The normalized spacial score (nSPS) is 14.1. The lowest BCUT2D eigenvalue weighted by Gasteiger charge is -2.04. The average Bonchev–Trinajstić information content (AvgIpc) is 1.68. The third-order valence-corrected chi connectivity index (χ3v) is 0.955. The molecule has 0 aliphatic rings. The molecule has 44 valence electrons. The van der Waals surface area contributed by atoms with Crippen LogP contribution in [0.15, 0.2) is 0 Å². The summed E-state index contributed by atoms with van der Waals surface area (Å²) in [6.07, 6.45) is 0. The molecule has 0 aromatic rings. The van der Waals surface area contributed by atoms with Crippen molar-refractivity contribution in [1.29, 1.82) is 0 Å². The van der Waals surface area contributed by atoms with Gasteiger partial charge in [0.05, 0.1) is 0 Å². The summed E-state index contributed by atoms with van der Waals surface area (Å²) >= 11 is 0. The summed E-state index contributed by atoms with van der Waals surface area (Å²) in [4.78, 5) is 0.